The lowest BCUT2D eigenvalue weighted by atomic mass is 9.94. The van der Waals surface area contributed by atoms with Crippen LogP contribution in [0.2, 0.25) is 0 Å². The van der Waals surface area contributed by atoms with Crippen LogP contribution in [0.3, 0.4) is 0 Å². The maximum atomic E-state index is 12.7. The van der Waals surface area contributed by atoms with Crippen LogP contribution in [0.1, 0.15) is 32.3 Å². The van der Waals surface area contributed by atoms with E-state index in [1.54, 1.807) is 0 Å². The maximum absolute atomic E-state index is 12.7. The molecule has 0 unspecified atom stereocenters. The maximum Gasteiger partial charge on any atom is 0.123 e. The molecule has 0 bridgehead atoms. The molecule has 1 atom stereocenters. The zero-order valence-corrected chi connectivity index (χ0v) is 10.5. The Morgan fingerprint density at radius 3 is 2.71 bits per heavy atom. The lowest BCUT2D eigenvalue weighted by molar-refractivity contribution is -0.0630. The standard InChI is InChI=1S/C14H20FNO/c1-14(2)9-13(7-8-17-14)16-10-11-3-5-12(15)6-4-11/h3-6,13,16H,7-10H2,1-2H3/t13-/m1/s1. The summed E-state index contributed by atoms with van der Waals surface area (Å²) in [4.78, 5) is 0. The van der Waals surface area contributed by atoms with Crippen molar-refractivity contribution in [2.75, 3.05) is 6.61 Å². The summed E-state index contributed by atoms with van der Waals surface area (Å²) >= 11 is 0. The van der Waals surface area contributed by atoms with Crippen LogP contribution in [-0.2, 0) is 11.3 Å². The largest absolute Gasteiger partial charge is 0.375 e. The van der Waals surface area contributed by atoms with Gasteiger partial charge in [0.05, 0.1) is 5.60 Å². The SMILES string of the molecule is CC1(C)C[C@H](NCc2ccc(F)cc2)CCO1. The van der Waals surface area contributed by atoms with Crippen LogP contribution in [-0.4, -0.2) is 18.2 Å². The van der Waals surface area contributed by atoms with E-state index in [0.29, 0.717) is 6.04 Å². The highest BCUT2D eigenvalue weighted by Gasteiger charge is 2.28. The van der Waals surface area contributed by atoms with Gasteiger partial charge in [-0.2, -0.15) is 0 Å². The van der Waals surface area contributed by atoms with E-state index < -0.39 is 0 Å². The lowest BCUT2D eigenvalue weighted by Crippen LogP contribution is -2.43. The van der Waals surface area contributed by atoms with Gasteiger partial charge in [0, 0.05) is 19.2 Å². The molecule has 17 heavy (non-hydrogen) atoms. The predicted octanol–water partition coefficient (Wildman–Crippen LogP) is 2.87. The molecular weight excluding hydrogens is 217 g/mol. The van der Waals surface area contributed by atoms with Crippen LogP contribution in [0, 0.1) is 5.82 Å². The first-order chi connectivity index (χ1) is 8.05. The van der Waals surface area contributed by atoms with Gasteiger partial charge in [0.15, 0.2) is 0 Å². The second kappa shape index (κ2) is 5.15. The molecule has 0 saturated carbocycles. The molecule has 0 aliphatic carbocycles. The number of ether oxygens (including phenoxy) is 1. The summed E-state index contributed by atoms with van der Waals surface area (Å²) in [7, 11) is 0. The molecule has 2 nitrogen and oxygen atoms in total. The normalized spacial score (nSPS) is 23.6. The third-order valence-electron chi connectivity index (χ3n) is 3.21. The topological polar surface area (TPSA) is 21.3 Å². The van der Waals surface area contributed by atoms with E-state index in [-0.39, 0.29) is 11.4 Å². The number of benzene rings is 1. The molecule has 1 aliphatic heterocycles. The molecule has 1 aromatic carbocycles. The molecule has 1 fully saturated rings. The van der Waals surface area contributed by atoms with E-state index in [9.17, 15) is 4.39 Å². The summed E-state index contributed by atoms with van der Waals surface area (Å²) in [5.74, 6) is -0.180. The van der Waals surface area contributed by atoms with Gasteiger partial charge < -0.3 is 10.1 Å². The van der Waals surface area contributed by atoms with Crippen LogP contribution in [0.5, 0.6) is 0 Å². The number of hydrogen-bond acceptors (Lipinski definition) is 2. The summed E-state index contributed by atoms with van der Waals surface area (Å²) in [6.45, 7) is 5.85. The van der Waals surface area contributed by atoms with Crippen molar-refractivity contribution in [1.82, 2.24) is 5.32 Å². The quantitative estimate of drug-likeness (QED) is 0.872. The van der Waals surface area contributed by atoms with Crippen molar-refractivity contribution in [3.63, 3.8) is 0 Å². The van der Waals surface area contributed by atoms with Crippen LogP contribution in [0.15, 0.2) is 24.3 Å². The molecule has 0 aromatic heterocycles. The zero-order valence-electron chi connectivity index (χ0n) is 10.5. The highest BCUT2D eigenvalue weighted by molar-refractivity contribution is 5.15. The summed E-state index contributed by atoms with van der Waals surface area (Å²) in [6, 6.07) is 7.15. The zero-order chi connectivity index (χ0) is 12.3. The molecular formula is C14H20FNO. The van der Waals surface area contributed by atoms with Crippen molar-refractivity contribution in [2.45, 2.75) is 44.9 Å². The van der Waals surface area contributed by atoms with E-state index in [2.05, 4.69) is 19.2 Å². The third-order valence-corrected chi connectivity index (χ3v) is 3.21. The Kier molecular flexibility index (Phi) is 3.79. The number of hydrogen-bond donors (Lipinski definition) is 1. The molecule has 3 heteroatoms. The summed E-state index contributed by atoms with van der Waals surface area (Å²) in [5, 5.41) is 3.51. The van der Waals surface area contributed by atoms with Gasteiger partial charge in [-0.1, -0.05) is 12.1 Å². The van der Waals surface area contributed by atoms with Crippen molar-refractivity contribution in [3.8, 4) is 0 Å². The summed E-state index contributed by atoms with van der Waals surface area (Å²) in [6.07, 6.45) is 2.07. The van der Waals surface area contributed by atoms with Gasteiger partial charge in [0.2, 0.25) is 0 Å². The second-order valence-corrected chi connectivity index (χ2v) is 5.31. The molecule has 2 rings (SSSR count). The second-order valence-electron chi connectivity index (χ2n) is 5.31. The first kappa shape index (κ1) is 12.5. The summed E-state index contributed by atoms with van der Waals surface area (Å²) < 4.78 is 18.4. The van der Waals surface area contributed by atoms with Crippen molar-refractivity contribution in [1.29, 1.82) is 0 Å². The Morgan fingerprint density at radius 1 is 1.35 bits per heavy atom. The number of halogens is 1. The fraction of sp³-hybridized carbons (Fsp3) is 0.571. The third kappa shape index (κ3) is 3.79. The van der Waals surface area contributed by atoms with Crippen LogP contribution < -0.4 is 5.32 Å². The molecule has 1 saturated heterocycles. The van der Waals surface area contributed by atoms with E-state index in [1.165, 1.54) is 12.1 Å². The van der Waals surface area contributed by atoms with Crippen molar-refractivity contribution in [3.05, 3.63) is 35.6 Å². The monoisotopic (exact) mass is 237 g/mol. The van der Waals surface area contributed by atoms with Gasteiger partial charge in [-0.25, -0.2) is 4.39 Å². The highest BCUT2D eigenvalue weighted by Crippen LogP contribution is 2.24. The van der Waals surface area contributed by atoms with Crippen molar-refractivity contribution in [2.24, 2.45) is 0 Å². The van der Waals surface area contributed by atoms with Crippen molar-refractivity contribution < 1.29 is 9.13 Å². The first-order valence-electron chi connectivity index (χ1n) is 6.17. The smallest absolute Gasteiger partial charge is 0.123 e. The van der Waals surface area contributed by atoms with Crippen LogP contribution in [0.4, 0.5) is 4.39 Å². The fourth-order valence-corrected chi connectivity index (χ4v) is 2.27. The van der Waals surface area contributed by atoms with E-state index in [0.717, 1.165) is 31.6 Å². The molecule has 0 radical (unpaired) electrons. The van der Waals surface area contributed by atoms with Crippen LogP contribution >= 0.6 is 0 Å². The van der Waals surface area contributed by atoms with E-state index in [1.807, 2.05) is 12.1 Å². The minimum atomic E-state index is -0.180. The Labute approximate surface area is 102 Å². The van der Waals surface area contributed by atoms with Gasteiger partial charge in [-0.3, -0.25) is 0 Å². The average molecular weight is 237 g/mol. The van der Waals surface area contributed by atoms with Gasteiger partial charge in [-0.15, -0.1) is 0 Å². The molecule has 1 aromatic rings. The predicted molar refractivity (Wildman–Crippen MR) is 66.3 cm³/mol. The van der Waals surface area contributed by atoms with Gasteiger partial charge in [0.25, 0.3) is 0 Å². The van der Waals surface area contributed by atoms with Gasteiger partial charge in [-0.05, 0) is 44.4 Å². The Morgan fingerprint density at radius 2 is 2.06 bits per heavy atom. The molecule has 1 aliphatic rings. The highest BCUT2D eigenvalue weighted by atomic mass is 19.1. The first-order valence-corrected chi connectivity index (χ1v) is 6.17. The Hall–Kier alpha value is -0.930. The fourth-order valence-electron chi connectivity index (χ4n) is 2.27. The lowest BCUT2D eigenvalue weighted by Gasteiger charge is -2.36. The Balaban J connectivity index is 1.84. The summed E-state index contributed by atoms with van der Waals surface area (Å²) in [5.41, 5.74) is 1.09. The molecule has 0 amide bonds. The minimum Gasteiger partial charge on any atom is -0.375 e. The van der Waals surface area contributed by atoms with E-state index >= 15 is 0 Å². The molecule has 1 N–H and O–H groups in total. The number of nitrogens with one attached hydrogen (secondary N) is 1. The van der Waals surface area contributed by atoms with Gasteiger partial charge in [0.1, 0.15) is 5.82 Å². The average Bonchev–Trinajstić information content (AvgIpc) is 2.27. The van der Waals surface area contributed by atoms with E-state index in [4.69, 9.17) is 4.74 Å². The minimum absolute atomic E-state index is 0.0291. The molecule has 0 spiro atoms. The van der Waals surface area contributed by atoms with Crippen LogP contribution in [0.25, 0.3) is 0 Å². The van der Waals surface area contributed by atoms with Gasteiger partial charge >= 0.3 is 0 Å². The molecule has 94 valence electrons. The number of rotatable bonds is 3. The van der Waals surface area contributed by atoms with Crippen molar-refractivity contribution >= 4 is 0 Å². The Bertz CT molecular complexity index is 361. The molecule has 1 heterocycles.